The fourth-order valence-corrected chi connectivity index (χ4v) is 4.80. The average Bonchev–Trinajstić information content (AvgIpc) is 3.32. The van der Waals surface area contributed by atoms with Crippen LogP contribution in [0.15, 0.2) is 18.2 Å². The molecular weight excluding hydrogens is 404 g/mol. The van der Waals surface area contributed by atoms with Gasteiger partial charge in [-0.2, -0.15) is 0 Å². The number of carbonyl (C=O) groups excluding carboxylic acids is 2. The highest BCUT2D eigenvalue weighted by Gasteiger charge is 2.33. The molecule has 1 saturated heterocycles. The average molecular weight is 433 g/mol. The summed E-state index contributed by atoms with van der Waals surface area (Å²) in [6, 6.07) is 5.30. The Morgan fingerprint density at radius 2 is 2.00 bits per heavy atom. The van der Waals surface area contributed by atoms with Crippen LogP contribution in [-0.2, 0) is 4.74 Å². The number of carbonyl (C=O) groups is 2. The minimum absolute atomic E-state index is 0.112. The van der Waals surface area contributed by atoms with Gasteiger partial charge in [-0.05, 0) is 51.3 Å². The number of esters is 1. The first-order chi connectivity index (χ1) is 14.4. The van der Waals surface area contributed by atoms with Gasteiger partial charge < -0.3 is 19.1 Å². The Morgan fingerprint density at radius 3 is 2.67 bits per heavy atom. The summed E-state index contributed by atoms with van der Waals surface area (Å²) < 4.78 is 16.0. The topological polar surface area (TPSA) is 77.1 Å². The van der Waals surface area contributed by atoms with Crippen LogP contribution in [0.5, 0.6) is 11.5 Å². The molecule has 1 N–H and O–H groups in total. The smallest absolute Gasteiger partial charge is 0.341 e. The summed E-state index contributed by atoms with van der Waals surface area (Å²) in [5.41, 5.74) is 2.21. The minimum atomic E-state index is -0.413. The highest BCUT2D eigenvalue weighted by molar-refractivity contribution is 7.16. The number of urea groups is 1. The lowest BCUT2D eigenvalue weighted by molar-refractivity contribution is 0.0527. The molecule has 30 heavy (non-hydrogen) atoms. The number of anilines is 1. The molecule has 1 unspecified atom stereocenters. The van der Waals surface area contributed by atoms with E-state index in [-0.39, 0.29) is 18.7 Å². The molecule has 0 saturated carbocycles. The van der Waals surface area contributed by atoms with Crippen LogP contribution in [0.1, 0.15) is 52.2 Å². The number of benzene rings is 1. The molecule has 1 atom stereocenters. The van der Waals surface area contributed by atoms with Gasteiger partial charge in [0.2, 0.25) is 0 Å². The van der Waals surface area contributed by atoms with E-state index in [2.05, 4.69) is 5.32 Å². The summed E-state index contributed by atoms with van der Waals surface area (Å²) in [5.74, 6) is 0.978. The monoisotopic (exact) mass is 432 g/mol. The van der Waals surface area contributed by atoms with Crippen LogP contribution in [0.3, 0.4) is 0 Å². The van der Waals surface area contributed by atoms with Crippen LogP contribution >= 0.6 is 11.3 Å². The van der Waals surface area contributed by atoms with Crippen LogP contribution in [0.4, 0.5) is 9.80 Å². The maximum absolute atomic E-state index is 13.2. The third-order valence-electron chi connectivity index (χ3n) is 5.40. The minimum Gasteiger partial charge on any atom is -0.497 e. The number of likely N-dealkylation sites (tertiary alicyclic amines) is 1. The number of thiophene rings is 1. The third-order valence-corrected chi connectivity index (χ3v) is 6.52. The zero-order valence-electron chi connectivity index (χ0n) is 18.0. The van der Waals surface area contributed by atoms with E-state index in [9.17, 15) is 9.59 Å². The van der Waals surface area contributed by atoms with E-state index in [1.807, 2.05) is 32.0 Å². The number of nitrogens with one attached hydrogen (secondary N) is 1. The second kappa shape index (κ2) is 9.38. The number of amides is 2. The lowest BCUT2D eigenvalue weighted by atomic mass is 10.0. The van der Waals surface area contributed by atoms with E-state index >= 15 is 0 Å². The molecule has 1 aliphatic rings. The molecule has 0 spiro atoms. The molecule has 7 nitrogen and oxygen atoms in total. The van der Waals surface area contributed by atoms with Crippen molar-refractivity contribution in [2.75, 3.05) is 32.7 Å². The third kappa shape index (κ3) is 4.23. The lowest BCUT2D eigenvalue weighted by Gasteiger charge is -2.26. The molecule has 1 fully saturated rings. The van der Waals surface area contributed by atoms with Gasteiger partial charge in [0.05, 0.1) is 32.4 Å². The summed E-state index contributed by atoms with van der Waals surface area (Å²) >= 11 is 1.39. The van der Waals surface area contributed by atoms with Gasteiger partial charge in [0.1, 0.15) is 16.5 Å². The summed E-state index contributed by atoms with van der Waals surface area (Å²) in [6.45, 7) is 6.48. The summed E-state index contributed by atoms with van der Waals surface area (Å²) in [7, 11) is 3.22. The molecule has 8 heteroatoms. The van der Waals surface area contributed by atoms with Crippen molar-refractivity contribution in [3.05, 3.63) is 39.8 Å². The van der Waals surface area contributed by atoms with E-state index in [1.54, 1.807) is 26.0 Å². The van der Waals surface area contributed by atoms with E-state index < -0.39 is 5.97 Å². The number of ether oxygens (including phenoxy) is 3. The molecule has 0 aliphatic carbocycles. The Hall–Kier alpha value is -2.74. The van der Waals surface area contributed by atoms with Crippen molar-refractivity contribution in [2.24, 2.45) is 0 Å². The predicted octanol–water partition coefficient (Wildman–Crippen LogP) is 4.93. The van der Waals surface area contributed by atoms with Crippen molar-refractivity contribution in [3.63, 3.8) is 0 Å². The van der Waals surface area contributed by atoms with Gasteiger partial charge >= 0.3 is 12.0 Å². The number of aryl methyl sites for hydroxylation is 1. The van der Waals surface area contributed by atoms with Gasteiger partial charge in [-0.15, -0.1) is 11.3 Å². The molecule has 1 aliphatic heterocycles. The molecule has 1 aromatic heterocycles. The van der Waals surface area contributed by atoms with Gasteiger partial charge in [0.25, 0.3) is 0 Å². The largest absolute Gasteiger partial charge is 0.497 e. The van der Waals surface area contributed by atoms with E-state index in [0.29, 0.717) is 28.6 Å². The van der Waals surface area contributed by atoms with E-state index in [0.717, 1.165) is 28.8 Å². The molecule has 0 radical (unpaired) electrons. The Balaban J connectivity index is 1.86. The zero-order chi connectivity index (χ0) is 21.8. The summed E-state index contributed by atoms with van der Waals surface area (Å²) in [5, 5.41) is 3.48. The SMILES string of the molecule is CCOC(=O)c1c(NC(=O)N2CCCC2c2ccc(OC)cc2OC)sc(C)c1C. The first kappa shape index (κ1) is 22.0. The van der Waals surface area contributed by atoms with Crippen molar-refractivity contribution in [3.8, 4) is 11.5 Å². The van der Waals surface area contributed by atoms with E-state index in [4.69, 9.17) is 14.2 Å². The van der Waals surface area contributed by atoms with Crippen molar-refractivity contribution < 1.29 is 23.8 Å². The van der Waals surface area contributed by atoms with Crippen molar-refractivity contribution >= 4 is 28.3 Å². The van der Waals surface area contributed by atoms with Gasteiger partial charge in [-0.25, -0.2) is 9.59 Å². The maximum atomic E-state index is 13.2. The van der Waals surface area contributed by atoms with Crippen LogP contribution in [0, 0.1) is 13.8 Å². The molecule has 162 valence electrons. The Labute approximate surface area is 180 Å². The number of hydrogen-bond acceptors (Lipinski definition) is 6. The van der Waals surface area contributed by atoms with Crippen molar-refractivity contribution in [1.29, 1.82) is 0 Å². The van der Waals surface area contributed by atoms with Gasteiger partial charge in [0.15, 0.2) is 0 Å². The number of hydrogen-bond donors (Lipinski definition) is 1. The molecular formula is C22H28N2O5S. The zero-order valence-corrected chi connectivity index (χ0v) is 18.9. The van der Waals surface area contributed by atoms with Crippen LogP contribution in [0.25, 0.3) is 0 Å². The van der Waals surface area contributed by atoms with Gasteiger partial charge in [0, 0.05) is 23.1 Å². The Morgan fingerprint density at radius 1 is 1.23 bits per heavy atom. The first-order valence-electron chi connectivity index (χ1n) is 9.97. The molecule has 3 rings (SSSR count). The number of methoxy groups -OCH3 is 2. The summed E-state index contributed by atoms with van der Waals surface area (Å²) in [4.78, 5) is 28.4. The van der Waals surface area contributed by atoms with Crippen molar-refractivity contribution in [2.45, 2.75) is 39.7 Å². The van der Waals surface area contributed by atoms with Gasteiger partial charge in [-0.1, -0.05) is 0 Å². The van der Waals surface area contributed by atoms with Crippen LogP contribution in [0.2, 0.25) is 0 Å². The molecule has 0 bridgehead atoms. The summed E-state index contributed by atoms with van der Waals surface area (Å²) in [6.07, 6.45) is 1.73. The molecule has 2 heterocycles. The molecule has 2 amide bonds. The quantitative estimate of drug-likeness (QED) is 0.655. The second-order valence-corrected chi connectivity index (χ2v) is 8.32. The Bertz CT molecular complexity index is 940. The predicted molar refractivity (Wildman–Crippen MR) is 117 cm³/mol. The number of rotatable bonds is 6. The van der Waals surface area contributed by atoms with Crippen LogP contribution in [-0.4, -0.2) is 44.3 Å². The standard InChI is InChI=1S/C22H28N2O5S/c1-6-29-21(25)19-13(2)14(3)30-20(19)23-22(26)24-11-7-8-17(24)16-10-9-15(27-4)12-18(16)28-5/h9-10,12,17H,6-8,11H2,1-5H3,(H,23,26). The molecule has 2 aromatic rings. The van der Waals surface area contributed by atoms with Crippen LogP contribution < -0.4 is 14.8 Å². The number of nitrogens with zero attached hydrogens (tertiary/aromatic N) is 1. The maximum Gasteiger partial charge on any atom is 0.341 e. The lowest BCUT2D eigenvalue weighted by Crippen LogP contribution is -2.34. The first-order valence-corrected chi connectivity index (χ1v) is 10.8. The fourth-order valence-electron chi connectivity index (χ4n) is 3.76. The van der Waals surface area contributed by atoms with Gasteiger partial charge in [-0.3, -0.25) is 5.32 Å². The normalized spacial score (nSPS) is 15.8. The fraction of sp³-hybridized carbons (Fsp3) is 0.455. The highest BCUT2D eigenvalue weighted by atomic mass is 32.1. The van der Waals surface area contributed by atoms with E-state index in [1.165, 1.54) is 11.3 Å². The second-order valence-electron chi connectivity index (χ2n) is 7.10. The van der Waals surface area contributed by atoms with Crippen molar-refractivity contribution in [1.82, 2.24) is 4.90 Å². The Kier molecular flexibility index (Phi) is 6.87. The highest BCUT2D eigenvalue weighted by Crippen LogP contribution is 2.40. The molecule has 1 aromatic carbocycles.